The highest BCUT2D eigenvalue weighted by Crippen LogP contribution is 2.14. The normalized spacial score (nSPS) is 10.9. The molecule has 0 saturated heterocycles. The van der Waals surface area contributed by atoms with Gasteiger partial charge in [-0.15, -0.1) is 0 Å². The van der Waals surface area contributed by atoms with Crippen molar-refractivity contribution in [3.05, 3.63) is 78.0 Å². The zero-order chi connectivity index (χ0) is 16.8. The highest BCUT2D eigenvalue weighted by atomic mass is 16.5. The lowest BCUT2D eigenvalue weighted by Gasteiger charge is -2.04. The minimum Gasteiger partial charge on any atom is -0.497 e. The Balaban J connectivity index is 1.61. The predicted molar refractivity (Wildman–Crippen MR) is 93.6 cm³/mol. The van der Waals surface area contributed by atoms with Crippen LogP contribution in [-0.4, -0.2) is 18.1 Å². The molecule has 3 rings (SSSR count). The molecule has 1 aromatic heterocycles. The van der Waals surface area contributed by atoms with Crippen molar-refractivity contribution in [3.63, 3.8) is 0 Å². The third kappa shape index (κ3) is 3.98. The Kier molecular flexibility index (Phi) is 4.87. The molecule has 0 aliphatic carbocycles. The topological polar surface area (TPSA) is 48.4 Å². The fourth-order valence-corrected chi connectivity index (χ4v) is 2.29. The number of para-hydroxylation sites is 1. The van der Waals surface area contributed by atoms with Gasteiger partial charge in [-0.1, -0.05) is 36.4 Å². The average Bonchev–Trinajstić information content (AvgIpc) is 2.64. The van der Waals surface area contributed by atoms with Crippen molar-refractivity contribution in [2.24, 2.45) is 0 Å². The molecule has 0 bridgehead atoms. The van der Waals surface area contributed by atoms with Crippen LogP contribution >= 0.6 is 0 Å². The molecule has 0 unspecified atom stereocenters. The molecular formula is C20H17NO3. The summed E-state index contributed by atoms with van der Waals surface area (Å²) in [5, 5.41) is 1.07. The number of aromatic nitrogens is 1. The predicted octanol–water partition coefficient (Wildman–Crippen LogP) is 4.00. The first kappa shape index (κ1) is 15.7. The molecule has 0 spiro atoms. The van der Waals surface area contributed by atoms with Crippen molar-refractivity contribution < 1.29 is 14.3 Å². The molecule has 0 radical (unpaired) electrons. The molecule has 1 heterocycles. The molecule has 120 valence electrons. The van der Waals surface area contributed by atoms with E-state index in [2.05, 4.69) is 4.98 Å². The molecule has 0 saturated carbocycles. The zero-order valence-electron chi connectivity index (χ0n) is 13.3. The van der Waals surface area contributed by atoms with Gasteiger partial charge in [-0.2, -0.15) is 0 Å². The van der Waals surface area contributed by atoms with E-state index < -0.39 is 5.97 Å². The fourth-order valence-electron chi connectivity index (χ4n) is 2.29. The van der Waals surface area contributed by atoms with Crippen LogP contribution in [0.3, 0.4) is 0 Å². The van der Waals surface area contributed by atoms with Gasteiger partial charge in [-0.25, -0.2) is 9.78 Å². The number of rotatable bonds is 5. The van der Waals surface area contributed by atoms with E-state index in [0.717, 1.165) is 22.2 Å². The van der Waals surface area contributed by atoms with Crippen molar-refractivity contribution >= 4 is 22.9 Å². The number of carbonyl (C=O) groups excluding carboxylic acids is 1. The van der Waals surface area contributed by atoms with E-state index in [1.54, 1.807) is 13.2 Å². The molecule has 0 N–H and O–H groups in total. The highest BCUT2D eigenvalue weighted by Gasteiger charge is 2.01. The molecule has 0 fully saturated rings. The van der Waals surface area contributed by atoms with Gasteiger partial charge in [-0.05, 0) is 35.9 Å². The van der Waals surface area contributed by atoms with Crippen LogP contribution in [0.4, 0.5) is 0 Å². The molecule has 4 nitrogen and oxygen atoms in total. The number of esters is 1. The average molecular weight is 319 g/mol. The molecule has 0 atom stereocenters. The Hall–Kier alpha value is -3.14. The first-order chi connectivity index (χ1) is 11.7. The molecule has 2 aromatic carbocycles. The number of hydrogen-bond acceptors (Lipinski definition) is 4. The summed E-state index contributed by atoms with van der Waals surface area (Å²) in [5.74, 6) is 0.326. The number of benzene rings is 2. The lowest BCUT2D eigenvalue weighted by atomic mass is 10.2. The maximum absolute atomic E-state index is 11.8. The summed E-state index contributed by atoms with van der Waals surface area (Å²) in [7, 11) is 1.60. The van der Waals surface area contributed by atoms with Crippen LogP contribution in [0, 0.1) is 0 Å². The second kappa shape index (κ2) is 7.42. The van der Waals surface area contributed by atoms with Crippen LogP contribution in [-0.2, 0) is 16.1 Å². The number of pyridine rings is 1. The molecule has 4 heteroatoms. The van der Waals surface area contributed by atoms with Crippen molar-refractivity contribution in [3.8, 4) is 5.75 Å². The van der Waals surface area contributed by atoms with E-state index >= 15 is 0 Å². The monoisotopic (exact) mass is 319 g/mol. The Morgan fingerprint density at radius 3 is 2.83 bits per heavy atom. The largest absolute Gasteiger partial charge is 0.497 e. The molecule has 24 heavy (non-hydrogen) atoms. The second-order valence-electron chi connectivity index (χ2n) is 5.22. The first-order valence-corrected chi connectivity index (χ1v) is 7.58. The van der Waals surface area contributed by atoms with Gasteiger partial charge in [-0.3, -0.25) is 0 Å². The standard InChI is InChI=1S/C20H17NO3/c1-23-18-7-4-5-15(13-18)14-24-20(22)12-11-17-10-9-16-6-2-3-8-19(16)21-17/h2-13H,14H2,1H3/b12-11+. The quantitative estimate of drug-likeness (QED) is 0.527. The molecule has 0 amide bonds. The maximum Gasteiger partial charge on any atom is 0.331 e. The Labute approximate surface area is 140 Å². The summed E-state index contributed by atoms with van der Waals surface area (Å²) in [5.41, 5.74) is 2.48. The lowest BCUT2D eigenvalue weighted by molar-refractivity contribution is -0.138. The van der Waals surface area contributed by atoms with Gasteiger partial charge in [0.15, 0.2) is 0 Å². The summed E-state index contributed by atoms with van der Waals surface area (Å²) in [6, 6.07) is 19.1. The summed E-state index contributed by atoms with van der Waals surface area (Å²) in [6.07, 6.45) is 3.04. The minimum atomic E-state index is -0.409. The van der Waals surface area contributed by atoms with Crippen LogP contribution in [0.1, 0.15) is 11.3 Å². The number of ether oxygens (including phenoxy) is 2. The second-order valence-corrected chi connectivity index (χ2v) is 5.22. The summed E-state index contributed by atoms with van der Waals surface area (Å²) in [4.78, 5) is 16.3. The Morgan fingerprint density at radius 2 is 1.96 bits per heavy atom. The van der Waals surface area contributed by atoms with Gasteiger partial charge in [0.2, 0.25) is 0 Å². The van der Waals surface area contributed by atoms with E-state index in [1.165, 1.54) is 6.08 Å². The molecular weight excluding hydrogens is 302 g/mol. The zero-order valence-corrected chi connectivity index (χ0v) is 13.3. The minimum absolute atomic E-state index is 0.200. The summed E-state index contributed by atoms with van der Waals surface area (Å²) >= 11 is 0. The van der Waals surface area contributed by atoms with E-state index in [1.807, 2.05) is 60.7 Å². The number of methoxy groups -OCH3 is 1. The molecule has 0 aliphatic heterocycles. The fraction of sp³-hybridized carbons (Fsp3) is 0.100. The SMILES string of the molecule is COc1cccc(COC(=O)/C=C/c2ccc3ccccc3n2)c1. The first-order valence-electron chi connectivity index (χ1n) is 7.58. The van der Waals surface area contributed by atoms with Crippen molar-refractivity contribution in [2.75, 3.05) is 7.11 Å². The number of hydrogen-bond donors (Lipinski definition) is 0. The van der Waals surface area contributed by atoms with Crippen LogP contribution < -0.4 is 4.74 Å². The van der Waals surface area contributed by atoms with Gasteiger partial charge >= 0.3 is 5.97 Å². The van der Waals surface area contributed by atoms with E-state index in [-0.39, 0.29) is 6.61 Å². The van der Waals surface area contributed by atoms with Crippen LogP contribution in [0.5, 0.6) is 5.75 Å². The highest BCUT2D eigenvalue weighted by molar-refractivity contribution is 5.87. The van der Waals surface area contributed by atoms with Gasteiger partial charge in [0.05, 0.1) is 18.3 Å². The van der Waals surface area contributed by atoms with Gasteiger partial charge in [0.1, 0.15) is 12.4 Å². The van der Waals surface area contributed by atoms with E-state index in [4.69, 9.17) is 9.47 Å². The Morgan fingerprint density at radius 1 is 1.08 bits per heavy atom. The van der Waals surface area contributed by atoms with Crippen molar-refractivity contribution in [1.82, 2.24) is 4.98 Å². The van der Waals surface area contributed by atoms with Crippen molar-refractivity contribution in [2.45, 2.75) is 6.61 Å². The van der Waals surface area contributed by atoms with Gasteiger partial charge in [0, 0.05) is 11.5 Å². The van der Waals surface area contributed by atoms with Crippen LogP contribution in [0.15, 0.2) is 66.7 Å². The van der Waals surface area contributed by atoms with Crippen molar-refractivity contribution in [1.29, 1.82) is 0 Å². The smallest absolute Gasteiger partial charge is 0.331 e. The molecule has 3 aromatic rings. The number of fused-ring (bicyclic) bond motifs is 1. The third-order valence-corrected chi connectivity index (χ3v) is 3.53. The van der Waals surface area contributed by atoms with Gasteiger partial charge in [0.25, 0.3) is 0 Å². The number of carbonyl (C=O) groups is 1. The van der Waals surface area contributed by atoms with E-state index in [0.29, 0.717) is 5.69 Å². The van der Waals surface area contributed by atoms with Crippen LogP contribution in [0.25, 0.3) is 17.0 Å². The maximum atomic E-state index is 11.8. The van der Waals surface area contributed by atoms with Crippen LogP contribution in [0.2, 0.25) is 0 Å². The lowest BCUT2D eigenvalue weighted by Crippen LogP contribution is -2.01. The summed E-state index contributed by atoms with van der Waals surface area (Å²) in [6.45, 7) is 0.200. The Bertz CT molecular complexity index is 887. The molecule has 0 aliphatic rings. The summed E-state index contributed by atoms with van der Waals surface area (Å²) < 4.78 is 10.4. The number of nitrogens with zero attached hydrogens (tertiary/aromatic N) is 1. The van der Waals surface area contributed by atoms with Gasteiger partial charge < -0.3 is 9.47 Å². The third-order valence-electron chi connectivity index (χ3n) is 3.53. The van der Waals surface area contributed by atoms with E-state index in [9.17, 15) is 4.79 Å².